The third-order valence-electron chi connectivity index (χ3n) is 3.04. The molecule has 1 aromatic carbocycles. The summed E-state index contributed by atoms with van der Waals surface area (Å²) in [7, 11) is 3.04. The van der Waals surface area contributed by atoms with Gasteiger partial charge in [0.15, 0.2) is 0 Å². The van der Waals surface area contributed by atoms with Crippen molar-refractivity contribution < 1.29 is 24.2 Å². The van der Waals surface area contributed by atoms with E-state index < -0.39 is 17.9 Å². The molecule has 1 amide bonds. The number of carboxylic acid groups (broad SMARTS) is 1. The number of methoxy groups -OCH3 is 2. The van der Waals surface area contributed by atoms with Gasteiger partial charge >= 0.3 is 5.97 Å². The molecule has 0 aliphatic rings. The van der Waals surface area contributed by atoms with E-state index in [1.165, 1.54) is 7.11 Å². The largest absolute Gasteiger partial charge is 0.495 e. The Kier molecular flexibility index (Phi) is 8.39. The van der Waals surface area contributed by atoms with Crippen molar-refractivity contribution in [2.75, 3.05) is 32.7 Å². The molecule has 0 radical (unpaired) electrons. The Balaban J connectivity index is 2.62. The van der Waals surface area contributed by atoms with Gasteiger partial charge in [-0.15, -0.1) is 0 Å². The van der Waals surface area contributed by atoms with E-state index in [1.54, 1.807) is 25.3 Å². The molecule has 1 atom stereocenters. The summed E-state index contributed by atoms with van der Waals surface area (Å²) in [6, 6.07) is 3.82. The summed E-state index contributed by atoms with van der Waals surface area (Å²) < 4.78 is 10.0. The van der Waals surface area contributed by atoms with Crippen LogP contribution in [0.3, 0.4) is 0 Å². The molecular weight excluding hydrogens is 324 g/mol. The van der Waals surface area contributed by atoms with Gasteiger partial charge in [-0.3, -0.25) is 9.59 Å². The highest BCUT2D eigenvalue weighted by Gasteiger charge is 2.21. The van der Waals surface area contributed by atoms with Crippen LogP contribution < -0.4 is 15.4 Å². The highest BCUT2D eigenvalue weighted by atomic mass is 35.5. The number of carbonyl (C=O) groups excluding carboxylic acids is 1. The number of carbonyl (C=O) groups is 2. The number of hydrogen-bond acceptors (Lipinski definition) is 5. The molecule has 0 aliphatic heterocycles. The summed E-state index contributed by atoms with van der Waals surface area (Å²) in [5.41, 5.74) is 0.397. The fourth-order valence-corrected chi connectivity index (χ4v) is 2.08. The van der Waals surface area contributed by atoms with Gasteiger partial charge in [-0.25, -0.2) is 0 Å². The van der Waals surface area contributed by atoms with Crippen molar-refractivity contribution in [3.05, 3.63) is 23.2 Å². The second-order valence-corrected chi connectivity index (χ2v) is 5.22. The minimum Gasteiger partial charge on any atom is -0.495 e. The van der Waals surface area contributed by atoms with Gasteiger partial charge in [0.1, 0.15) is 11.8 Å². The molecule has 23 heavy (non-hydrogen) atoms. The van der Waals surface area contributed by atoms with Gasteiger partial charge in [-0.05, 0) is 31.2 Å². The van der Waals surface area contributed by atoms with Crippen molar-refractivity contribution in [2.24, 2.45) is 0 Å². The Morgan fingerprint density at radius 3 is 2.70 bits per heavy atom. The summed E-state index contributed by atoms with van der Waals surface area (Å²) >= 11 is 5.89. The molecule has 0 fully saturated rings. The zero-order valence-corrected chi connectivity index (χ0v) is 13.9. The quantitative estimate of drug-likeness (QED) is 0.560. The Labute approximate surface area is 139 Å². The van der Waals surface area contributed by atoms with Gasteiger partial charge in [0.05, 0.1) is 19.2 Å². The van der Waals surface area contributed by atoms with E-state index in [1.807, 2.05) is 0 Å². The van der Waals surface area contributed by atoms with Gasteiger partial charge in [-0.1, -0.05) is 11.6 Å². The summed E-state index contributed by atoms with van der Waals surface area (Å²) in [5, 5.41) is 15.0. The molecule has 1 aromatic rings. The van der Waals surface area contributed by atoms with E-state index in [-0.39, 0.29) is 6.42 Å². The molecule has 3 N–H and O–H groups in total. The smallest absolute Gasteiger partial charge is 0.321 e. The first-order chi connectivity index (χ1) is 11.0. The molecule has 0 bridgehead atoms. The first-order valence-corrected chi connectivity index (χ1v) is 7.44. The average molecular weight is 345 g/mol. The van der Waals surface area contributed by atoms with Crippen molar-refractivity contribution in [2.45, 2.75) is 18.9 Å². The summed E-state index contributed by atoms with van der Waals surface area (Å²) in [5.74, 6) is -1.09. The minimum absolute atomic E-state index is 0.210. The molecule has 0 unspecified atom stereocenters. The fraction of sp³-hybridized carbons (Fsp3) is 0.467. The predicted octanol–water partition coefficient (Wildman–Crippen LogP) is 1.76. The van der Waals surface area contributed by atoms with Gasteiger partial charge < -0.3 is 25.2 Å². The number of anilines is 1. The van der Waals surface area contributed by atoms with Crippen LogP contribution in [-0.4, -0.2) is 50.4 Å². The monoisotopic (exact) mass is 344 g/mol. The zero-order chi connectivity index (χ0) is 17.2. The zero-order valence-electron chi connectivity index (χ0n) is 13.1. The molecule has 8 heteroatoms. The number of amides is 1. The fourth-order valence-electron chi connectivity index (χ4n) is 1.90. The summed E-state index contributed by atoms with van der Waals surface area (Å²) in [6.07, 6.45) is 0.446. The predicted molar refractivity (Wildman–Crippen MR) is 87.2 cm³/mol. The molecule has 0 saturated heterocycles. The van der Waals surface area contributed by atoms with Crippen molar-refractivity contribution >= 4 is 29.2 Å². The van der Waals surface area contributed by atoms with E-state index in [0.29, 0.717) is 36.0 Å². The van der Waals surface area contributed by atoms with E-state index in [4.69, 9.17) is 21.1 Å². The van der Waals surface area contributed by atoms with Crippen LogP contribution in [-0.2, 0) is 14.3 Å². The third-order valence-corrected chi connectivity index (χ3v) is 3.27. The lowest BCUT2D eigenvalue weighted by atomic mass is 10.2. The maximum Gasteiger partial charge on any atom is 0.321 e. The molecule has 7 nitrogen and oxygen atoms in total. The standard InChI is InChI=1S/C15H21ClN2O5/c1-22-7-3-6-17-12(15(20)21)9-14(19)18-11-8-10(16)4-5-13(11)23-2/h4-5,8,12,17H,3,6-7,9H2,1-2H3,(H,18,19)(H,20,21)/t12-/m1/s1. The van der Waals surface area contributed by atoms with Crippen LogP contribution >= 0.6 is 11.6 Å². The molecule has 0 aromatic heterocycles. The Bertz CT molecular complexity index is 539. The molecule has 0 saturated carbocycles. The average Bonchev–Trinajstić information content (AvgIpc) is 2.50. The molecule has 0 spiro atoms. The molecular formula is C15H21ClN2O5. The highest BCUT2D eigenvalue weighted by molar-refractivity contribution is 6.31. The van der Waals surface area contributed by atoms with Crippen molar-refractivity contribution in [3.63, 3.8) is 0 Å². The summed E-state index contributed by atoms with van der Waals surface area (Å²) in [4.78, 5) is 23.3. The van der Waals surface area contributed by atoms with Crippen molar-refractivity contribution in [1.82, 2.24) is 5.32 Å². The first-order valence-electron chi connectivity index (χ1n) is 7.06. The van der Waals surface area contributed by atoms with Gasteiger partial charge in [-0.2, -0.15) is 0 Å². The number of aliphatic carboxylic acids is 1. The third kappa shape index (κ3) is 6.85. The number of ether oxygens (including phenoxy) is 2. The molecule has 128 valence electrons. The maximum absolute atomic E-state index is 12.1. The van der Waals surface area contributed by atoms with E-state index in [9.17, 15) is 14.7 Å². The minimum atomic E-state index is -1.09. The summed E-state index contributed by atoms with van der Waals surface area (Å²) in [6.45, 7) is 0.962. The van der Waals surface area contributed by atoms with Crippen LogP contribution in [0, 0.1) is 0 Å². The second kappa shape index (κ2) is 10.0. The number of benzene rings is 1. The lowest BCUT2D eigenvalue weighted by molar-refractivity contribution is -0.141. The highest BCUT2D eigenvalue weighted by Crippen LogP contribution is 2.27. The first kappa shape index (κ1) is 19.2. The van der Waals surface area contributed by atoms with Crippen LogP contribution in [0.5, 0.6) is 5.75 Å². The number of halogens is 1. The topological polar surface area (TPSA) is 96.9 Å². The van der Waals surface area contributed by atoms with Crippen LogP contribution in [0.1, 0.15) is 12.8 Å². The number of nitrogens with one attached hydrogen (secondary N) is 2. The molecule has 1 rings (SSSR count). The van der Waals surface area contributed by atoms with Gasteiger partial charge in [0.25, 0.3) is 0 Å². The van der Waals surface area contributed by atoms with Crippen LogP contribution in [0.25, 0.3) is 0 Å². The lowest BCUT2D eigenvalue weighted by Gasteiger charge is -2.15. The van der Waals surface area contributed by atoms with E-state index in [2.05, 4.69) is 10.6 Å². The van der Waals surface area contributed by atoms with E-state index >= 15 is 0 Å². The SMILES string of the molecule is COCCCN[C@H](CC(=O)Nc1cc(Cl)ccc1OC)C(=O)O. The van der Waals surface area contributed by atoms with Crippen LogP contribution in [0.2, 0.25) is 5.02 Å². The molecule has 0 aliphatic carbocycles. The van der Waals surface area contributed by atoms with Crippen molar-refractivity contribution in [3.8, 4) is 5.75 Å². The number of carboxylic acids is 1. The normalized spacial score (nSPS) is 11.8. The van der Waals surface area contributed by atoms with Gasteiger partial charge in [0, 0.05) is 18.7 Å². The lowest BCUT2D eigenvalue weighted by Crippen LogP contribution is -2.40. The molecule has 0 heterocycles. The van der Waals surface area contributed by atoms with E-state index in [0.717, 1.165) is 0 Å². The number of rotatable bonds is 10. The second-order valence-electron chi connectivity index (χ2n) is 4.79. The van der Waals surface area contributed by atoms with Crippen LogP contribution in [0.15, 0.2) is 18.2 Å². The van der Waals surface area contributed by atoms with Gasteiger partial charge in [0.2, 0.25) is 5.91 Å². The maximum atomic E-state index is 12.1. The Morgan fingerprint density at radius 2 is 2.09 bits per heavy atom. The van der Waals surface area contributed by atoms with Crippen LogP contribution in [0.4, 0.5) is 5.69 Å². The Hall–Kier alpha value is -1.83. The van der Waals surface area contributed by atoms with Crippen molar-refractivity contribution in [1.29, 1.82) is 0 Å². The number of hydrogen-bond donors (Lipinski definition) is 3. The Morgan fingerprint density at radius 1 is 1.35 bits per heavy atom.